The van der Waals surface area contributed by atoms with E-state index < -0.39 is 0 Å². The minimum Gasteiger partial charge on any atom is -0.370 e. The highest BCUT2D eigenvalue weighted by molar-refractivity contribution is 6.30. The number of benzene rings is 2. The topological polar surface area (TPSA) is 45.2 Å². The number of likely N-dealkylation sites (N-methyl/N-ethyl adjacent to an activating group) is 1. The Morgan fingerprint density at radius 2 is 1.67 bits per heavy atom. The maximum Gasteiger partial charge on any atom is 0.271 e. The number of carbonyl (C=O) groups excluding carboxylic acids is 1. The van der Waals surface area contributed by atoms with Gasteiger partial charge in [0.1, 0.15) is 6.61 Å². The van der Waals surface area contributed by atoms with E-state index in [9.17, 15) is 4.79 Å². The van der Waals surface area contributed by atoms with Crippen molar-refractivity contribution < 1.29 is 14.4 Å². The Morgan fingerprint density at radius 3 is 2.30 bits per heavy atom. The second-order valence-electron chi connectivity index (χ2n) is 7.37. The maximum atomic E-state index is 11.7. The molecule has 1 atom stereocenters. The van der Waals surface area contributed by atoms with Gasteiger partial charge in [0, 0.05) is 44.8 Å². The fourth-order valence-corrected chi connectivity index (χ4v) is 3.81. The predicted octanol–water partition coefficient (Wildman–Crippen LogP) is 3.08. The molecule has 1 heterocycles. The number of nitrogens with zero attached hydrogens (tertiary/aromatic N) is 3. The van der Waals surface area contributed by atoms with Gasteiger partial charge in [-0.25, -0.2) is 5.06 Å². The summed E-state index contributed by atoms with van der Waals surface area (Å²) in [6, 6.07) is 19.0. The fraction of sp³-hybridized carbons (Fsp3) is 0.435. The van der Waals surface area contributed by atoms with Crippen LogP contribution in [-0.2, 0) is 14.4 Å². The quantitative estimate of drug-likeness (QED) is 0.451. The molecule has 0 aromatic heterocycles. The molecule has 2 aromatic rings. The molecule has 0 N–H and O–H groups in total. The summed E-state index contributed by atoms with van der Waals surface area (Å²) in [6.07, 6.45) is 0. The van der Waals surface area contributed by atoms with Gasteiger partial charge >= 0.3 is 0 Å². The van der Waals surface area contributed by atoms with E-state index in [0.29, 0.717) is 6.61 Å². The first-order valence-electron chi connectivity index (χ1n) is 10.2. The van der Waals surface area contributed by atoms with E-state index in [-0.39, 0.29) is 18.6 Å². The molecule has 1 aliphatic rings. The Hall–Kier alpha value is -1.96. The number of hydrogen-bond donors (Lipinski definition) is 0. The number of carbonyl (C=O) groups is 1. The van der Waals surface area contributed by atoms with Gasteiger partial charge < -0.3 is 4.74 Å². The van der Waals surface area contributed by atoms with Gasteiger partial charge in [-0.05, 0) is 23.3 Å². The van der Waals surface area contributed by atoms with Crippen molar-refractivity contribution in [3.8, 4) is 0 Å². The molecule has 6 nitrogen and oxygen atoms in total. The molecule has 0 saturated carbocycles. The minimum atomic E-state index is -0.184. The Morgan fingerprint density at radius 1 is 1.03 bits per heavy atom. The van der Waals surface area contributed by atoms with E-state index in [1.165, 1.54) is 23.3 Å². The van der Waals surface area contributed by atoms with E-state index in [1.807, 2.05) is 12.1 Å². The SMILES string of the molecule is CON(C)C(=O)COCCN1CCN(C(c2ccccc2)c2ccc(Cl)cc2)CC1. The summed E-state index contributed by atoms with van der Waals surface area (Å²) in [5.41, 5.74) is 2.54. The molecule has 0 bridgehead atoms. The number of halogens is 1. The van der Waals surface area contributed by atoms with Crippen LogP contribution in [0, 0.1) is 0 Å². The van der Waals surface area contributed by atoms with Crippen LogP contribution < -0.4 is 0 Å². The number of hydrogen-bond acceptors (Lipinski definition) is 5. The fourth-order valence-electron chi connectivity index (χ4n) is 3.69. The smallest absolute Gasteiger partial charge is 0.271 e. The summed E-state index contributed by atoms with van der Waals surface area (Å²) in [5, 5.41) is 1.93. The van der Waals surface area contributed by atoms with E-state index in [0.717, 1.165) is 37.7 Å². The number of rotatable bonds is 9. The third-order valence-corrected chi connectivity index (χ3v) is 5.73. The lowest BCUT2D eigenvalue weighted by Gasteiger charge is -2.39. The predicted molar refractivity (Wildman–Crippen MR) is 118 cm³/mol. The Kier molecular flexibility index (Phi) is 8.66. The van der Waals surface area contributed by atoms with E-state index in [4.69, 9.17) is 21.2 Å². The molecule has 30 heavy (non-hydrogen) atoms. The maximum absolute atomic E-state index is 11.7. The minimum absolute atomic E-state index is 0.0386. The molecule has 3 rings (SSSR count). The molecule has 1 fully saturated rings. The van der Waals surface area contributed by atoms with Crippen LogP contribution in [0.25, 0.3) is 0 Å². The van der Waals surface area contributed by atoms with Crippen LogP contribution >= 0.6 is 11.6 Å². The molecule has 0 radical (unpaired) electrons. The summed E-state index contributed by atoms with van der Waals surface area (Å²) in [7, 11) is 3.04. The van der Waals surface area contributed by atoms with Crippen molar-refractivity contribution in [2.24, 2.45) is 0 Å². The Bertz CT molecular complexity index is 780. The zero-order valence-corrected chi connectivity index (χ0v) is 18.4. The summed E-state index contributed by atoms with van der Waals surface area (Å²) >= 11 is 6.11. The number of hydroxylamine groups is 2. The average molecular weight is 432 g/mol. The molecule has 7 heteroatoms. The van der Waals surface area contributed by atoms with Crippen molar-refractivity contribution >= 4 is 17.5 Å². The summed E-state index contributed by atoms with van der Waals surface area (Å²) in [6.45, 7) is 5.24. The Labute approximate surface area is 183 Å². The molecule has 1 aliphatic heterocycles. The van der Waals surface area contributed by atoms with Crippen LogP contribution in [0.4, 0.5) is 0 Å². The number of ether oxygens (including phenoxy) is 1. The highest BCUT2D eigenvalue weighted by atomic mass is 35.5. The lowest BCUT2D eigenvalue weighted by molar-refractivity contribution is -0.173. The van der Waals surface area contributed by atoms with E-state index >= 15 is 0 Å². The van der Waals surface area contributed by atoms with E-state index in [2.05, 4.69) is 52.3 Å². The van der Waals surface area contributed by atoms with Crippen LogP contribution in [0.1, 0.15) is 17.2 Å². The molecule has 1 amide bonds. The van der Waals surface area contributed by atoms with Gasteiger partial charge in [-0.2, -0.15) is 0 Å². The first-order chi connectivity index (χ1) is 14.6. The highest BCUT2D eigenvalue weighted by Gasteiger charge is 2.26. The zero-order chi connectivity index (χ0) is 21.3. The van der Waals surface area contributed by atoms with Gasteiger partial charge in [0.05, 0.1) is 19.8 Å². The Balaban J connectivity index is 1.53. The van der Waals surface area contributed by atoms with Crippen molar-refractivity contribution in [1.29, 1.82) is 0 Å². The molecule has 1 saturated heterocycles. The van der Waals surface area contributed by atoms with Crippen molar-refractivity contribution in [2.75, 3.05) is 60.1 Å². The van der Waals surface area contributed by atoms with Crippen LogP contribution in [0.15, 0.2) is 54.6 Å². The monoisotopic (exact) mass is 431 g/mol. The van der Waals surface area contributed by atoms with E-state index in [1.54, 1.807) is 7.05 Å². The molecule has 1 unspecified atom stereocenters. The van der Waals surface area contributed by atoms with Crippen LogP contribution in [0.5, 0.6) is 0 Å². The molecule has 162 valence electrons. The largest absolute Gasteiger partial charge is 0.370 e. The lowest BCUT2D eigenvalue weighted by atomic mass is 9.96. The van der Waals surface area contributed by atoms with Crippen molar-refractivity contribution in [2.45, 2.75) is 6.04 Å². The summed E-state index contributed by atoms with van der Waals surface area (Å²) in [5.74, 6) is -0.184. The number of piperazine rings is 1. The van der Waals surface area contributed by atoms with Crippen molar-refractivity contribution in [1.82, 2.24) is 14.9 Å². The van der Waals surface area contributed by atoms with Gasteiger partial charge in [0.25, 0.3) is 5.91 Å². The molecule has 0 spiro atoms. The standard InChI is InChI=1S/C23H30ClN3O3/c1-25(29-2)22(28)18-30-17-16-26-12-14-27(15-13-26)23(19-6-4-3-5-7-19)20-8-10-21(24)11-9-20/h3-11,23H,12-18H2,1-2H3. The zero-order valence-electron chi connectivity index (χ0n) is 17.7. The lowest BCUT2D eigenvalue weighted by Crippen LogP contribution is -2.48. The molecule has 0 aliphatic carbocycles. The van der Waals surface area contributed by atoms with Crippen LogP contribution in [0.3, 0.4) is 0 Å². The van der Waals surface area contributed by atoms with Gasteiger partial charge in [-0.15, -0.1) is 0 Å². The molecule has 2 aromatic carbocycles. The molecular formula is C23H30ClN3O3. The average Bonchev–Trinajstić information content (AvgIpc) is 2.79. The van der Waals surface area contributed by atoms with Gasteiger partial charge in [-0.3, -0.25) is 19.4 Å². The third-order valence-electron chi connectivity index (χ3n) is 5.48. The first kappa shape index (κ1) is 22.7. The summed E-state index contributed by atoms with van der Waals surface area (Å²) < 4.78 is 5.51. The summed E-state index contributed by atoms with van der Waals surface area (Å²) in [4.78, 5) is 21.4. The van der Waals surface area contributed by atoms with Gasteiger partial charge in [-0.1, -0.05) is 54.1 Å². The highest BCUT2D eigenvalue weighted by Crippen LogP contribution is 2.30. The van der Waals surface area contributed by atoms with Crippen molar-refractivity contribution in [3.05, 3.63) is 70.7 Å². The van der Waals surface area contributed by atoms with Crippen molar-refractivity contribution in [3.63, 3.8) is 0 Å². The van der Waals surface area contributed by atoms with Crippen LogP contribution in [-0.4, -0.2) is 80.9 Å². The molecular weight excluding hydrogens is 402 g/mol. The van der Waals surface area contributed by atoms with Crippen LogP contribution in [0.2, 0.25) is 5.02 Å². The van der Waals surface area contributed by atoms with Gasteiger partial charge in [0.15, 0.2) is 0 Å². The first-order valence-corrected chi connectivity index (χ1v) is 10.6. The number of amides is 1. The second kappa shape index (κ2) is 11.4. The second-order valence-corrected chi connectivity index (χ2v) is 7.81. The van der Waals surface area contributed by atoms with Gasteiger partial charge in [0.2, 0.25) is 0 Å². The third kappa shape index (κ3) is 6.27. The normalized spacial score (nSPS) is 16.4.